The first-order chi connectivity index (χ1) is 7.63. The quantitative estimate of drug-likeness (QED) is 0.874. The molecule has 0 heterocycles. The van der Waals surface area contributed by atoms with Crippen LogP contribution in [-0.2, 0) is 0 Å². The van der Waals surface area contributed by atoms with Crippen LogP contribution in [0.1, 0.15) is 36.9 Å². The number of hydrogen-bond acceptors (Lipinski definition) is 2. The Morgan fingerprint density at radius 3 is 2.75 bits per heavy atom. The van der Waals surface area contributed by atoms with E-state index in [2.05, 4.69) is 0 Å². The van der Waals surface area contributed by atoms with Gasteiger partial charge in [-0.25, -0.2) is 0 Å². The molecular formula is C13H18ClNO. The minimum absolute atomic E-state index is 0.0685. The van der Waals surface area contributed by atoms with E-state index in [0.29, 0.717) is 12.5 Å². The minimum atomic E-state index is 0.0685. The van der Waals surface area contributed by atoms with Gasteiger partial charge in [-0.3, -0.25) is 0 Å². The summed E-state index contributed by atoms with van der Waals surface area (Å²) >= 11 is 6.08. The van der Waals surface area contributed by atoms with Gasteiger partial charge in [0.2, 0.25) is 0 Å². The Balaban J connectivity index is 2.38. The van der Waals surface area contributed by atoms with E-state index in [1.807, 2.05) is 26.0 Å². The molecule has 0 bridgehead atoms. The molecule has 0 aromatic heterocycles. The van der Waals surface area contributed by atoms with Crippen molar-refractivity contribution >= 4 is 11.6 Å². The summed E-state index contributed by atoms with van der Waals surface area (Å²) in [4.78, 5) is 0. The van der Waals surface area contributed by atoms with Crippen LogP contribution in [0.5, 0.6) is 5.75 Å². The van der Waals surface area contributed by atoms with Gasteiger partial charge in [-0.1, -0.05) is 11.6 Å². The standard InChI is InChI=1S/C13H18ClNO/c1-3-16-13-8(2)6-10(14)7-11(13)12(15)9-4-5-9/h6-7,9,12H,3-5,15H2,1-2H3. The Kier molecular flexibility index (Phi) is 3.41. The average Bonchev–Trinajstić information content (AvgIpc) is 3.04. The van der Waals surface area contributed by atoms with Gasteiger partial charge in [0.1, 0.15) is 5.75 Å². The van der Waals surface area contributed by atoms with E-state index >= 15 is 0 Å². The molecule has 88 valence electrons. The van der Waals surface area contributed by atoms with Crippen molar-refractivity contribution < 1.29 is 4.74 Å². The normalized spacial score (nSPS) is 17.2. The van der Waals surface area contributed by atoms with Crippen LogP contribution in [0.25, 0.3) is 0 Å². The third-order valence-electron chi connectivity index (χ3n) is 3.05. The molecule has 0 radical (unpaired) electrons. The zero-order chi connectivity index (χ0) is 11.7. The third-order valence-corrected chi connectivity index (χ3v) is 3.26. The summed E-state index contributed by atoms with van der Waals surface area (Å²) in [5, 5.41) is 0.743. The molecule has 1 fully saturated rings. The molecule has 1 aliphatic carbocycles. The van der Waals surface area contributed by atoms with Gasteiger partial charge in [-0.2, -0.15) is 0 Å². The topological polar surface area (TPSA) is 35.2 Å². The summed E-state index contributed by atoms with van der Waals surface area (Å²) in [6.45, 7) is 4.66. The van der Waals surface area contributed by atoms with Crippen molar-refractivity contribution in [1.29, 1.82) is 0 Å². The fraction of sp³-hybridized carbons (Fsp3) is 0.538. The highest BCUT2D eigenvalue weighted by atomic mass is 35.5. The monoisotopic (exact) mass is 239 g/mol. The second-order valence-corrected chi connectivity index (χ2v) is 4.87. The van der Waals surface area contributed by atoms with Crippen molar-refractivity contribution in [3.05, 3.63) is 28.3 Å². The molecule has 2 nitrogen and oxygen atoms in total. The summed E-state index contributed by atoms with van der Waals surface area (Å²) in [6.07, 6.45) is 2.44. The first-order valence-electron chi connectivity index (χ1n) is 5.82. The molecule has 2 rings (SSSR count). The fourth-order valence-corrected chi connectivity index (χ4v) is 2.34. The maximum Gasteiger partial charge on any atom is 0.127 e. The number of rotatable bonds is 4. The summed E-state index contributed by atoms with van der Waals surface area (Å²) in [5.74, 6) is 1.53. The molecule has 1 atom stereocenters. The van der Waals surface area contributed by atoms with E-state index in [-0.39, 0.29) is 6.04 Å². The maximum atomic E-state index is 6.23. The number of benzene rings is 1. The summed E-state index contributed by atoms with van der Waals surface area (Å²) in [6, 6.07) is 3.94. The predicted octanol–water partition coefficient (Wildman–Crippen LogP) is 3.46. The van der Waals surface area contributed by atoms with Crippen LogP contribution in [0.2, 0.25) is 5.02 Å². The molecule has 0 amide bonds. The van der Waals surface area contributed by atoms with Crippen molar-refractivity contribution in [2.24, 2.45) is 11.7 Å². The predicted molar refractivity (Wildman–Crippen MR) is 67.0 cm³/mol. The highest BCUT2D eigenvalue weighted by Crippen LogP contribution is 2.43. The van der Waals surface area contributed by atoms with E-state index in [4.69, 9.17) is 22.1 Å². The first-order valence-corrected chi connectivity index (χ1v) is 6.19. The van der Waals surface area contributed by atoms with Gasteiger partial charge in [0.25, 0.3) is 0 Å². The number of nitrogens with two attached hydrogens (primary N) is 1. The summed E-state index contributed by atoms with van der Waals surface area (Å²) in [7, 11) is 0. The summed E-state index contributed by atoms with van der Waals surface area (Å²) < 4.78 is 5.68. The molecule has 1 saturated carbocycles. The van der Waals surface area contributed by atoms with Crippen LogP contribution in [0, 0.1) is 12.8 Å². The smallest absolute Gasteiger partial charge is 0.127 e. The van der Waals surface area contributed by atoms with Gasteiger partial charge >= 0.3 is 0 Å². The van der Waals surface area contributed by atoms with Crippen molar-refractivity contribution in [2.45, 2.75) is 32.7 Å². The zero-order valence-electron chi connectivity index (χ0n) is 9.79. The van der Waals surface area contributed by atoms with Crippen molar-refractivity contribution in [1.82, 2.24) is 0 Å². The van der Waals surface area contributed by atoms with Crippen molar-refractivity contribution in [2.75, 3.05) is 6.61 Å². The average molecular weight is 240 g/mol. The van der Waals surface area contributed by atoms with E-state index in [1.54, 1.807) is 0 Å². The number of ether oxygens (including phenoxy) is 1. The van der Waals surface area contributed by atoms with Crippen molar-refractivity contribution in [3.8, 4) is 5.75 Å². The number of halogens is 1. The Bertz CT molecular complexity index is 388. The Labute approximate surface area is 102 Å². The lowest BCUT2D eigenvalue weighted by Gasteiger charge is -2.18. The number of aryl methyl sites for hydroxylation is 1. The van der Waals surface area contributed by atoms with Crippen LogP contribution >= 0.6 is 11.6 Å². The van der Waals surface area contributed by atoms with Gasteiger partial charge in [-0.05, 0) is 50.3 Å². The number of hydrogen-bond donors (Lipinski definition) is 1. The first kappa shape index (κ1) is 11.7. The van der Waals surface area contributed by atoms with E-state index in [1.165, 1.54) is 12.8 Å². The molecule has 3 heteroatoms. The molecular weight excluding hydrogens is 222 g/mol. The zero-order valence-corrected chi connectivity index (χ0v) is 10.6. The van der Waals surface area contributed by atoms with E-state index < -0.39 is 0 Å². The lowest BCUT2D eigenvalue weighted by atomic mass is 9.99. The third kappa shape index (κ3) is 2.33. The second-order valence-electron chi connectivity index (χ2n) is 4.44. The molecule has 0 spiro atoms. The Hall–Kier alpha value is -0.730. The SMILES string of the molecule is CCOc1c(C)cc(Cl)cc1C(N)C1CC1. The molecule has 1 aromatic rings. The van der Waals surface area contributed by atoms with Gasteiger partial charge in [-0.15, -0.1) is 0 Å². The Morgan fingerprint density at radius 1 is 1.50 bits per heavy atom. The van der Waals surface area contributed by atoms with Gasteiger partial charge in [0.15, 0.2) is 0 Å². The molecule has 0 aliphatic heterocycles. The van der Waals surface area contributed by atoms with Gasteiger partial charge in [0, 0.05) is 16.6 Å². The highest BCUT2D eigenvalue weighted by molar-refractivity contribution is 6.30. The van der Waals surface area contributed by atoms with Crippen LogP contribution in [0.4, 0.5) is 0 Å². The molecule has 16 heavy (non-hydrogen) atoms. The van der Waals surface area contributed by atoms with Crippen molar-refractivity contribution in [3.63, 3.8) is 0 Å². The van der Waals surface area contributed by atoms with E-state index in [9.17, 15) is 0 Å². The second kappa shape index (κ2) is 4.64. The highest BCUT2D eigenvalue weighted by Gasteiger charge is 2.31. The molecule has 1 unspecified atom stereocenters. The Morgan fingerprint density at radius 2 is 2.19 bits per heavy atom. The molecule has 0 saturated heterocycles. The minimum Gasteiger partial charge on any atom is -0.493 e. The van der Waals surface area contributed by atoms with Crippen LogP contribution in [-0.4, -0.2) is 6.61 Å². The van der Waals surface area contributed by atoms with Crippen LogP contribution in [0.15, 0.2) is 12.1 Å². The van der Waals surface area contributed by atoms with Gasteiger partial charge < -0.3 is 10.5 Å². The molecule has 1 aromatic carbocycles. The van der Waals surface area contributed by atoms with Crippen LogP contribution in [0.3, 0.4) is 0 Å². The molecule has 2 N–H and O–H groups in total. The fourth-order valence-electron chi connectivity index (χ4n) is 2.05. The van der Waals surface area contributed by atoms with E-state index in [0.717, 1.165) is 21.9 Å². The largest absolute Gasteiger partial charge is 0.493 e. The lowest BCUT2D eigenvalue weighted by molar-refractivity contribution is 0.330. The van der Waals surface area contributed by atoms with Gasteiger partial charge in [0.05, 0.1) is 6.61 Å². The lowest BCUT2D eigenvalue weighted by Crippen LogP contribution is -2.14. The van der Waals surface area contributed by atoms with Crippen LogP contribution < -0.4 is 10.5 Å². The molecule has 1 aliphatic rings. The summed E-state index contributed by atoms with van der Waals surface area (Å²) in [5.41, 5.74) is 8.36. The maximum absolute atomic E-state index is 6.23.